The predicted molar refractivity (Wildman–Crippen MR) is 90.7 cm³/mol. The lowest BCUT2D eigenvalue weighted by Crippen LogP contribution is -2.29. The van der Waals surface area contributed by atoms with Gasteiger partial charge in [-0.15, -0.1) is 5.10 Å². The molecule has 2 aromatic carbocycles. The highest BCUT2D eigenvalue weighted by Gasteiger charge is 2.19. The van der Waals surface area contributed by atoms with E-state index in [4.69, 9.17) is 4.74 Å². The first-order chi connectivity index (χ1) is 11.2. The molecule has 23 heavy (non-hydrogen) atoms. The van der Waals surface area contributed by atoms with Gasteiger partial charge in [0.1, 0.15) is 0 Å². The topological polar surface area (TPSA) is 55.6 Å². The Morgan fingerprint density at radius 3 is 2.57 bits per heavy atom. The molecule has 1 N–H and O–H groups in total. The van der Waals surface area contributed by atoms with Crippen LogP contribution in [0.4, 0.5) is 0 Å². The highest BCUT2D eigenvalue weighted by molar-refractivity contribution is 7.16. The van der Waals surface area contributed by atoms with Gasteiger partial charge in [0.15, 0.2) is 6.10 Å². The van der Waals surface area contributed by atoms with Crippen molar-refractivity contribution >= 4 is 27.5 Å². The molecule has 0 fully saturated rings. The fourth-order valence-corrected chi connectivity index (χ4v) is 3.35. The number of aromatic nitrogens is 1. The second-order valence-corrected chi connectivity index (χ2v) is 6.03. The van der Waals surface area contributed by atoms with Gasteiger partial charge in [0.05, 0.1) is 10.2 Å². The van der Waals surface area contributed by atoms with Crippen LogP contribution in [0.5, 0.6) is 0 Å². The van der Waals surface area contributed by atoms with Crippen molar-refractivity contribution in [3.05, 3.63) is 65.0 Å². The maximum Gasteiger partial charge on any atom is 0.273 e. The van der Waals surface area contributed by atoms with Crippen LogP contribution in [0.1, 0.15) is 11.7 Å². The van der Waals surface area contributed by atoms with Crippen LogP contribution in [0.25, 0.3) is 10.2 Å². The number of fused-ring (bicyclic) bond motifs is 1. The largest absolute Gasteiger partial charge is 0.367 e. The molecule has 0 radical (unpaired) electrons. The van der Waals surface area contributed by atoms with Crippen molar-refractivity contribution in [3.63, 3.8) is 0 Å². The van der Waals surface area contributed by atoms with Gasteiger partial charge in [-0.2, -0.15) is 0 Å². The summed E-state index contributed by atoms with van der Waals surface area (Å²) in [5.74, 6) is -0.295. The molecule has 6 heteroatoms. The summed E-state index contributed by atoms with van der Waals surface area (Å²) in [4.78, 5) is 13.1. The van der Waals surface area contributed by atoms with E-state index in [1.165, 1.54) is 18.4 Å². The lowest BCUT2D eigenvalue weighted by atomic mass is 10.1. The molecule has 1 heterocycles. The molecule has 1 unspecified atom stereocenters. The maximum atomic E-state index is 12.3. The Labute approximate surface area is 137 Å². The van der Waals surface area contributed by atoms with Crippen LogP contribution in [-0.2, 0) is 16.6 Å². The van der Waals surface area contributed by atoms with E-state index in [1.54, 1.807) is 0 Å². The van der Waals surface area contributed by atoms with Crippen LogP contribution < -0.4 is 10.2 Å². The fourth-order valence-electron chi connectivity index (χ4n) is 2.37. The van der Waals surface area contributed by atoms with Gasteiger partial charge in [-0.05, 0) is 17.7 Å². The number of benzene rings is 2. The summed E-state index contributed by atoms with van der Waals surface area (Å²) < 4.78 is 8.37. The normalized spacial score (nSPS) is 13.2. The summed E-state index contributed by atoms with van der Waals surface area (Å²) in [6, 6.07) is 17.4. The Bertz CT molecular complexity index is 883. The van der Waals surface area contributed by atoms with Crippen LogP contribution in [0, 0.1) is 0 Å². The summed E-state index contributed by atoms with van der Waals surface area (Å²) in [7, 11) is 3.44. The van der Waals surface area contributed by atoms with Gasteiger partial charge >= 0.3 is 0 Å². The summed E-state index contributed by atoms with van der Waals surface area (Å²) >= 11 is 1.52. The third-order valence-corrected chi connectivity index (χ3v) is 4.67. The summed E-state index contributed by atoms with van der Waals surface area (Å²) in [6.45, 7) is 0. The van der Waals surface area contributed by atoms with E-state index < -0.39 is 6.10 Å². The van der Waals surface area contributed by atoms with E-state index in [9.17, 15) is 4.79 Å². The number of thiazole rings is 1. The number of para-hydroxylation sites is 1. The Kier molecular flexibility index (Phi) is 4.55. The third-order valence-electron chi connectivity index (χ3n) is 3.55. The van der Waals surface area contributed by atoms with Crippen molar-refractivity contribution < 1.29 is 9.53 Å². The van der Waals surface area contributed by atoms with E-state index in [1.807, 2.05) is 66.2 Å². The molecule has 3 aromatic rings. The van der Waals surface area contributed by atoms with Crippen molar-refractivity contribution in [2.24, 2.45) is 12.1 Å². The first-order valence-electron chi connectivity index (χ1n) is 7.16. The number of methoxy groups -OCH3 is 1. The van der Waals surface area contributed by atoms with Crippen molar-refractivity contribution in [1.29, 1.82) is 0 Å². The lowest BCUT2D eigenvalue weighted by Gasteiger charge is -2.13. The van der Waals surface area contributed by atoms with Gasteiger partial charge in [0, 0.05) is 14.2 Å². The first-order valence-corrected chi connectivity index (χ1v) is 7.98. The van der Waals surface area contributed by atoms with Crippen LogP contribution in [0.15, 0.2) is 59.7 Å². The zero-order valence-corrected chi connectivity index (χ0v) is 13.7. The highest BCUT2D eigenvalue weighted by atomic mass is 32.1. The standard InChI is InChI=1S/C17H17N3O2S/c1-20-13-10-6-7-11-14(13)23-17(20)19-18-16(21)15(22-2)12-8-4-3-5-9-12/h3-11,15H,1-2H3,(H,18,21). The minimum absolute atomic E-state index is 0.295. The molecule has 0 saturated carbocycles. The molecule has 1 atom stereocenters. The number of carbonyl (C=O) groups is 1. The van der Waals surface area contributed by atoms with Gasteiger partial charge in [-0.3, -0.25) is 4.79 Å². The number of nitrogens with zero attached hydrogens (tertiary/aromatic N) is 2. The average molecular weight is 327 g/mol. The predicted octanol–water partition coefficient (Wildman–Crippen LogP) is 2.56. The minimum Gasteiger partial charge on any atom is -0.367 e. The molecule has 0 spiro atoms. The minimum atomic E-state index is -0.681. The number of carbonyl (C=O) groups excluding carboxylic acids is 1. The SMILES string of the molecule is COC(C(=O)NN=c1sc2ccccc2n1C)c1ccccc1. The smallest absolute Gasteiger partial charge is 0.273 e. The maximum absolute atomic E-state index is 12.3. The summed E-state index contributed by atoms with van der Waals surface area (Å²) in [5.41, 5.74) is 4.48. The van der Waals surface area contributed by atoms with Gasteiger partial charge < -0.3 is 9.30 Å². The van der Waals surface area contributed by atoms with Crippen molar-refractivity contribution in [1.82, 2.24) is 9.99 Å². The number of nitrogens with one attached hydrogen (secondary N) is 1. The van der Waals surface area contributed by atoms with Gasteiger partial charge in [-0.1, -0.05) is 53.8 Å². The van der Waals surface area contributed by atoms with E-state index >= 15 is 0 Å². The first kappa shape index (κ1) is 15.5. The van der Waals surface area contributed by atoms with Crippen molar-refractivity contribution in [2.75, 3.05) is 7.11 Å². The molecule has 5 nitrogen and oxygen atoms in total. The van der Waals surface area contributed by atoms with E-state index in [2.05, 4.69) is 10.5 Å². The van der Waals surface area contributed by atoms with E-state index in [0.717, 1.165) is 20.6 Å². The number of aryl methyl sites for hydroxylation is 1. The van der Waals surface area contributed by atoms with Crippen molar-refractivity contribution in [3.8, 4) is 0 Å². The molecule has 3 rings (SSSR count). The Morgan fingerprint density at radius 2 is 1.87 bits per heavy atom. The van der Waals surface area contributed by atoms with E-state index in [0.29, 0.717) is 0 Å². The molecular weight excluding hydrogens is 310 g/mol. The number of amides is 1. The fraction of sp³-hybridized carbons (Fsp3) is 0.176. The number of ether oxygens (including phenoxy) is 1. The molecule has 0 aliphatic heterocycles. The Hall–Kier alpha value is -2.44. The van der Waals surface area contributed by atoms with Gasteiger partial charge in [0.2, 0.25) is 4.80 Å². The Morgan fingerprint density at radius 1 is 1.17 bits per heavy atom. The summed E-state index contributed by atoms with van der Waals surface area (Å²) in [5, 5.41) is 4.24. The van der Waals surface area contributed by atoms with Crippen molar-refractivity contribution in [2.45, 2.75) is 6.10 Å². The van der Waals surface area contributed by atoms with Crippen LogP contribution in [0.3, 0.4) is 0 Å². The molecule has 0 saturated heterocycles. The quantitative estimate of drug-likeness (QED) is 0.749. The van der Waals surface area contributed by atoms with Gasteiger partial charge in [-0.25, -0.2) is 5.43 Å². The molecular formula is C17H17N3O2S. The zero-order valence-electron chi connectivity index (χ0n) is 12.9. The molecule has 0 aliphatic carbocycles. The Balaban J connectivity index is 1.85. The highest BCUT2D eigenvalue weighted by Crippen LogP contribution is 2.17. The second kappa shape index (κ2) is 6.76. The van der Waals surface area contributed by atoms with E-state index in [-0.39, 0.29) is 5.91 Å². The molecule has 118 valence electrons. The lowest BCUT2D eigenvalue weighted by molar-refractivity contribution is -0.131. The number of hydrogen-bond donors (Lipinski definition) is 1. The second-order valence-electron chi connectivity index (χ2n) is 5.03. The third kappa shape index (κ3) is 3.18. The molecule has 1 amide bonds. The number of rotatable bonds is 4. The monoisotopic (exact) mass is 327 g/mol. The molecule has 0 aliphatic rings. The summed E-state index contributed by atoms with van der Waals surface area (Å²) in [6.07, 6.45) is -0.681. The number of hydrogen-bond acceptors (Lipinski definition) is 4. The van der Waals surface area contributed by atoms with Crippen LogP contribution >= 0.6 is 11.3 Å². The van der Waals surface area contributed by atoms with Crippen LogP contribution in [-0.4, -0.2) is 17.6 Å². The van der Waals surface area contributed by atoms with Gasteiger partial charge in [0.25, 0.3) is 5.91 Å². The molecule has 1 aromatic heterocycles. The zero-order chi connectivity index (χ0) is 16.2. The molecule has 0 bridgehead atoms. The average Bonchev–Trinajstić information content (AvgIpc) is 2.91. The van der Waals surface area contributed by atoms with Crippen LogP contribution in [0.2, 0.25) is 0 Å².